The normalized spacial score (nSPS) is 16.2. The van der Waals surface area contributed by atoms with E-state index < -0.39 is 11.7 Å². The molecule has 0 spiro atoms. The minimum absolute atomic E-state index is 0.597. The van der Waals surface area contributed by atoms with Crippen molar-refractivity contribution in [3.05, 3.63) is 54.1 Å². The van der Waals surface area contributed by atoms with Crippen LogP contribution in [-0.2, 0) is 12.7 Å². The molecule has 0 amide bonds. The first kappa shape index (κ1) is 17.8. The molecule has 3 aromatic rings. The van der Waals surface area contributed by atoms with Gasteiger partial charge in [0.15, 0.2) is 0 Å². The molecule has 27 heavy (non-hydrogen) atoms. The van der Waals surface area contributed by atoms with E-state index in [0.717, 1.165) is 43.3 Å². The molecule has 2 aromatic carbocycles. The van der Waals surface area contributed by atoms with Crippen LogP contribution in [0.4, 0.5) is 18.9 Å². The van der Waals surface area contributed by atoms with Gasteiger partial charge in [0.1, 0.15) is 5.52 Å². The summed E-state index contributed by atoms with van der Waals surface area (Å²) in [5.74, 6) is 0. The minimum atomic E-state index is -4.31. The Labute approximate surface area is 155 Å². The highest BCUT2D eigenvalue weighted by molar-refractivity contribution is 5.73. The van der Waals surface area contributed by atoms with Crippen LogP contribution in [0.15, 0.2) is 48.5 Å². The fourth-order valence-electron chi connectivity index (χ4n) is 3.43. The van der Waals surface area contributed by atoms with E-state index in [0.29, 0.717) is 18.8 Å². The average molecular weight is 375 g/mol. The predicted molar refractivity (Wildman–Crippen MR) is 97.6 cm³/mol. The van der Waals surface area contributed by atoms with Gasteiger partial charge in [-0.3, -0.25) is 4.90 Å². The van der Waals surface area contributed by atoms with Crippen LogP contribution in [0.25, 0.3) is 11.0 Å². The molecule has 1 aliphatic heterocycles. The van der Waals surface area contributed by atoms with E-state index in [9.17, 15) is 13.2 Å². The quantitative estimate of drug-likeness (QED) is 0.701. The molecule has 4 rings (SSSR count). The van der Waals surface area contributed by atoms with E-state index in [1.807, 2.05) is 33.8 Å². The zero-order valence-corrected chi connectivity index (χ0v) is 14.7. The van der Waals surface area contributed by atoms with Crippen LogP contribution in [0, 0.1) is 0 Å². The number of hydrogen-bond acceptors (Lipinski definition) is 4. The molecule has 8 heteroatoms. The van der Waals surface area contributed by atoms with E-state index in [1.54, 1.807) is 6.07 Å². The van der Waals surface area contributed by atoms with Gasteiger partial charge in [0, 0.05) is 38.4 Å². The third kappa shape index (κ3) is 3.90. The number of benzene rings is 2. The highest BCUT2D eigenvalue weighted by Crippen LogP contribution is 2.31. The van der Waals surface area contributed by atoms with Crippen molar-refractivity contribution in [2.24, 2.45) is 0 Å². The smallest absolute Gasteiger partial charge is 0.369 e. The summed E-state index contributed by atoms with van der Waals surface area (Å²) >= 11 is 0. The van der Waals surface area contributed by atoms with E-state index >= 15 is 0 Å². The van der Waals surface area contributed by atoms with Gasteiger partial charge in [0.2, 0.25) is 0 Å². The Morgan fingerprint density at radius 3 is 2.44 bits per heavy atom. The fourth-order valence-corrected chi connectivity index (χ4v) is 3.43. The molecular weight excluding hydrogens is 355 g/mol. The standard InChI is InChI=1S/C19H20F3N5/c20-19(21,22)15-4-3-5-16(14-15)26-11-8-25(9-12-26)10-13-27-18-7-2-1-6-17(18)23-24-27/h1-7,14H,8-13H2. The van der Waals surface area contributed by atoms with Crippen LogP contribution in [0.2, 0.25) is 0 Å². The van der Waals surface area contributed by atoms with Crippen molar-refractivity contribution in [2.45, 2.75) is 12.7 Å². The number of rotatable bonds is 4. The molecule has 5 nitrogen and oxygen atoms in total. The minimum Gasteiger partial charge on any atom is -0.369 e. The Kier molecular flexibility index (Phi) is 4.73. The van der Waals surface area contributed by atoms with Gasteiger partial charge in [0.05, 0.1) is 17.6 Å². The molecule has 1 fully saturated rings. The van der Waals surface area contributed by atoms with Crippen LogP contribution in [-0.4, -0.2) is 52.6 Å². The van der Waals surface area contributed by atoms with Crippen LogP contribution in [0.5, 0.6) is 0 Å². The lowest BCUT2D eigenvalue weighted by Crippen LogP contribution is -2.47. The number of halogens is 3. The number of fused-ring (bicyclic) bond motifs is 1. The van der Waals surface area contributed by atoms with Crippen molar-refractivity contribution < 1.29 is 13.2 Å². The van der Waals surface area contributed by atoms with Crippen molar-refractivity contribution in [3.8, 4) is 0 Å². The highest BCUT2D eigenvalue weighted by atomic mass is 19.4. The second-order valence-electron chi connectivity index (χ2n) is 6.68. The molecule has 0 N–H and O–H groups in total. The summed E-state index contributed by atoms with van der Waals surface area (Å²) in [4.78, 5) is 4.32. The van der Waals surface area contributed by atoms with E-state index in [2.05, 4.69) is 15.2 Å². The molecule has 0 saturated carbocycles. The fraction of sp³-hybridized carbons (Fsp3) is 0.368. The molecule has 0 radical (unpaired) electrons. The highest BCUT2D eigenvalue weighted by Gasteiger charge is 2.31. The first-order valence-corrected chi connectivity index (χ1v) is 8.93. The Morgan fingerprint density at radius 1 is 0.889 bits per heavy atom. The summed E-state index contributed by atoms with van der Waals surface area (Å²) in [6, 6.07) is 13.4. The monoisotopic (exact) mass is 375 g/mol. The van der Waals surface area contributed by atoms with Crippen LogP contribution >= 0.6 is 0 Å². The lowest BCUT2D eigenvalue weighted by atomic mass is 10.1. The van der Waals surface area contributed by atoms with E-state index in [-0.39, 0.29) is 0 Å². The molecule has 2 heterocycles. The number of nitrogens with zero attached hydrogens (tertiary/aromatic N) is 5. The van der Waals surface area contributed by atoms with Gasteiger partial charge in [-0.2, -0.15) is 13.2 Å². The number of anilines is 1. The Morgan fingerprint density at radius 2 is 1.67 bits per heavy atom. The van der Waals surface area contributed by atoms with Gasteiger partial charge in [-0.25, -0.2) is 4.68 Å². The van der Waals surface area contributed by atoms with Gasteiger partial charge in [0.25, 0.3) is 0 Å². The van der Waals surface area contributed by atoms with E-state index in [4.69, 9.17) is 0 Å². The first-order chi connectivity index (χ1) is 13.0. The van der Waals surface area contributed by atoms with Gasteiger partial charge in [-0.15, -0.1) is 5.10 Å². The Balaban J connectivity index is 1.34. The molecule has 0 unspecified atom stereocenters. The molecule has 0 aliphatic carbocycles. The number of aromatic nitrogens is 3. The summed E-state index contributed by atoms with van der Waals surface area (Å²) < 4.78 is 40.6. The predicted octanol–water partition coefficient (Wildman–Crippen LogP) is 3.27. The van der Waals surface area contributed by atoms with Crippen LogP contribution in [0.1, 0.15) is 5.56 Å². The summed E-state index contributed by atoms with van der Waals surface area (Å²) in [5, 5.41) is 8.35. The van der Waals surface area contributed by atoms with Crippen molar-refractivity contribution in [3.63, 3.8) is 0 Å². The van der Waals surface area contributed by atoms with Crippen molar-refractivity contribution in [2.75, 3.05) is 37.6 Å². The maximum Gasteiger partial charge on any atom is 0.416 e. The summed E-state index contributed by atoms with van der Waals surface area (Å²) in [7, 11) is 0. The molecule has 0 atom stereocenters. The van der Waals surface area contributed by atoms with Gasteiger partial charge in [-0.05, 0) is 30.3 Å². The van der Waals surface area contributed by atoms with Crippen molar-refractivity contribution in [1.82, 2.24) is 19.9 Å². The summed E-state index contributed by atoms with van der Waals surface area (Å²) in [6.07, 6.45) is -4.31. The maximum absolute atomic E-state index is 12.9. The zero-order valence-electron chi connectivity index (χ0n) is 14.7. The third-order valence-corrected chi connectivity index (χ3v) is 4.96. The molecule has 0 bridgehead atoms. The summed E-state index contributed by atoms with van der Waals surface area (Å²) in [6.45, 7) is 4.61. The van der Waals surface area contributed by atoms with Crippen molar-refractivity contribution in [1.29, 1.82) is 0 Å². The Hall–Kier alpha value is -2.61. The molecule has 1 aromatic heterocycles. The zero-order chi connectivity index (χ0) is 18.9. The lowest BCUT2D eigenvalue weighted by molar-refractivity contribution is -0.137. The van der Waals surface area contributed by atoms with Gasteiger partial charge >= 0.3 is 6.18 Å². The first-order valence-electron chi connectivity index (χ1n) is 8.93. The van der Waals surface area contributed by atoms with Crippen LogP contribution < -0.4 is 4.90 Å². The topological polar surface area (TPSA) is 37.2 Å². The van der Waals surface area contributed by atoms with Gasteiger partial charge in [-0.1, -0.05) is 23.4 Å². The number of para-hydroxylation sites is 1. The molecule has 1 saturated heterocycles. The second-order valence-corrected chi connectivity index (χ2v) is 6.68. The van der Waals surface area contributed by atoms with Gasteiger partial charge < -0.3 is 4.90 Å². The Bertz CT molecular complexity index is 913. The second kappa shape index (κ2) is 7.19. The third-order valence-electron chi connectivity index (χ3n) is 4.96. The number of piperazine rings is 1. The van der Waals surface area contributed by atoms with Crippen molar-refractivity contribution >= 4 is 16.7 Å². The molecular formula is C19H20F3N5. The largest absolute Gasteiger partial charge is 0.416 e. The molecule has 142 valence electrons. The number of alkyl halides is 3. The number of hydrogen-bond donors (Lipinski definition) is 0. The average Bonchev–Trinajstić information content (AvgIpc) is 3.09. The maximum atomic E-state index is 12.9. The van der Waals surface area contributed by atoms with Crippen LogP contribution in [0.3, 0.4) is 0 Å². The van der Waals surface area contributed by atoms with E-state index in [1.165, 1.54) is 12.1 Å². The lowest BCUT2D eigenvalue weighted by Gasteiger charge is -2.36. The summed E-state index contributed by atoms with van der Waals surface area (Å²) in [5.41, 5.74) is 1.93. The SMILES string of the molecule is FC(F)(F)c1cccc(N2CCN(CCn3nnc4ccccc43)CC2)c1. The molecule has 1 aliphatic rings.